The molecule has 0 spiro atoms. The van der Waals surface area contributed by atoms with Crippen molar-refractivity contribution in [2.45, 2.75) is 31.7 Å². The summed E-state index contributed by atoms with van der Waals surface area (Å²) < 4.78 is 2.21. The monoisotopic (exact) mass is 434 g/mol. The Labute approximate surface area is 181 Å². The first-order valence-electron chi connectivity index (χ1n) is 9.54. The Kier molecular flexibility index (Phi) is 8.49. The number of aromatic nitrogens is 2. The Balaban J connectivity index is 0.00000300. The first kappa shape index (κ1) is 23.2. The average molecular weight is 435 g/mol. The predicted molar refractivity (Wildman–Crippen MR) is 122 cm³/mol. The molecule has 0 aliphatic carbocycles. The quantitative estimate of drug-likeness (QED) is 0.269. The Bertz CT molecular complexity index is 955. The van der Waals surface area contributed by atoms with Gasteiger partial charge in [0, 0.05) is 36.5 Å². The maximum absolute atomic E-state index is 11.1. The van der Waals surface area contributed by atoms with Gasteiger partial charge in [-0.1, -0.05) is 26.0 Å². The zero-order valence-corrected chi connectivity index (χ0v) is 18.6. The number of halogens is 1. The fourth-order valence-corrected chi connectivity index (χ4v) is 3.78. The van der Waals surface area contributed by atoms with E-state index >= 15 is 0 Å². The van der Waals surface area contributed by atoms with E-state index in [1.54, 1.807) is 23.9 Å². The molecule has 0 atom stereocenters. The minimum Gasteiger partial charge on any atom is -0.326 e. The number of fused-ring (bicyclic) bond motifs is 1. The van der Waals surface area contributed by atoms with Crippen molar-refractivity contribution in [1.29, 1.82) is 0 Å². The number of thioether (sulfide) groups is 1. The van der Waals surface area contributed by atoms with E-state index in [1.807, 2.05) is 6.07 Å². The van der Waals surface area contributed by atoms with E-state index in [2.05, 4.69) is 53.8 Å². The van der Waals surface area contributed by atoms with E-state index in [0.29, 0.717) is 11.9 Å². The molecule has 0 saturated heterocycles. The van der Waals surface area contributed by atoms with Crippen LogP contribution in [0.25, 0.3) is 11.0 Å². The van der Waals surface area contributed by atoms with Crippen molar-refractivity contribution < 1.29 is 4.92 Å². The second-order valence-corrected chi connectivity index (χ2v) is 7.54. The van der Waals surface area contributed by atoms with Crippen LogP contribution in [-0.2, 0) is 13.0 Å². The summed E-state index contributed by atoms with van der Waals surface area (Å²) in [6.45, 7) is 8.06. The van der Waals surface area contributed by atoms with Gasteiger partial charge in [-0.2, -0.15) is 0 Å². The first-order chi connectivity index (χ1) is 13.5. The molecule has 3 rings (SSSR count). The van der Waals surface area contributed by atoms with Crippen LogP contribution >= 0.6 is 24.2 Å². The van der Waals surface area contributed by atoms with Crippen molar-refractivity contribution in [3.8, 4) is 0 Å². The molecular weight excluding hydrogens is 408 g/mol. The van der Waals surface area contributed by atoms with Crippen LogP contribution in [0.3, 0.4) is 0 Å². The Morgan fingerprint density at radius 3 is 2.41 bits per heavy atom. The van der Waals surface area contributed by atoms with Crippen molar-refractivity contribution in [2.24, 2.45) is 0 Å². The number of rotatable bonds is 9. The molecule has 0 fully saturated rings. The average Bonchev–Trinajstić information content (AvgIpc) is 3.05. The topological polar surface area (TPSA) is 64.2 Å². The third-order valence-electron chi connectivity index (χ3n) is 5.08. The molecule has 156 valence electrons. The Hall–Kier alpha value is -2.09. The van der Waals surface area contributed by atoms with Gasteiger partial charge >= 0.3 is 0 Å². The lowest BCUT2D eigenvalue weighted by Gasteiger charge is -2.19. The molecular formula is C21H27ClN4O2S. The number of benzene rings is 2. The summed E-state index contributed by atoms with van der Waals surface area (Å²) in [6.07, 6.45) is 2.77. The van der Waals surface area contributed by atoms with Crippen molar-refractivity contribution in [3.05, 3.63) is 64.0 Å². The summed E-state index contributed by atoms with van der Waals surface area (Å²) >= 11 is 1.72. The van der Waals surface area contributed by atoms with E-state index in [4.69, 9.17) is 4.98 Å². The number of nitrogens with zero attached hydrogens (tertiary/aromatic N) is 4. The lowest BCUT2D eigenvalue weighted by Crippen LogP contribution is -2.27. The van der Waals surface area contributed by atoms with Gasteiger partial charge in [0.25, 0.3) is 5.69 Å². The van der Waals surface area contributed by atoms with E-state index in [9.17, 15) is 10.1 Å². The van der Waals surface area contributed by atoms with E-state index in [1.165, 1.54) is 10.5 Å². The number of hydrogen-bond acceptors (Lipinski definition) is 5. The van der Waals surface area contributed by atoms with Crippen LogP contribution < -0.4 is 0 Å². The summed E-state index contributed by atoms with van der Waals surface area (Å²) in [5.41, 5.74) is 2.90. The van der Waals surface area contributed by atoms with Gasteiger partial charge in [-0.15, -0.1) is 24.2 Å². The summed E-state index contributed by atoms with van der Waals surface area (Å²) in [5.74, 6) is 0.944. The molecule has 29 heavy (non-hydrogen) atoms. The SMILES string of the molecule is CCN(CC)CCn1c(Cc2ccc(SC)cc2)nc2cc([N+](=O)[O-])ccc21.Cl. The first-order valence-corrected chi connectivity index (χ1v) is 10.8. The molecule has 1 aromatic heterocycles. The largest absolute Gasteiger partial charge is 0.326 e. The van der Waals surface area contributed by atoms with Gasteiger partial charge in [-0.25, -0.2) is 4.98 Å². The number of nitro benzene ring substituents is 1. The Morgan fingerprint density at radius 1 is 1.14 bits per heavy atom. The van der Waals surface area contributed by atoms with Crippen molar-refractivity contribution >= 4 is 40.9 Å². The van der Waals surface area contributed by atoms with Crippen molar-refractivity contribution in [2.75, 3.05) is 25.9 Å². The maximum atomic E-state index is 11.1. The molecule has 0 aliphatic heterocycles. The van der Waals surface area contributed by atoms with Crippen LogP contribution in [-0.4, -0.2) is 45.3 Å². The highest BCUT2D eigenvalue weighted by Crippen LogP contribution is 2.24. The number of hydrogen-bond donors (Lipinski definition) is 0. The van der Waals surface area contributed by atoms with Crippen LogP contribution in [0.1, 0.15) is 25.2 Å². The van der Waals surface area contributed by atoms with E-state index in [0.717, 1.165) is 37.5 Å². The summed E-state index contributed by atoms with van der Waals surface area (Å²) in [4.78, 5) is 19.1. The second-order valence-electron chi connectivity index (χ2n) is 6.66. The highest BCUT2D eigenvalue weighted by atomic mass is 35.5. The molecule has 6 nitrogen and oxygen atoms in total. The van der Waals surface area contributed by atoms with Gasteiger partial charge in [0.05, 0.1) is 16.0 Å². The molecule has 0 amide bonds. The lowest BCUT2D eigenvalue weighted by atomic mass is 10.1. The third kappa shape index (κ3) is 5.50. The van der Waals surface area contributed by atoms with Gasteiger partial charge in [-0.05, 0) is 43.1 Å². The highest BCUT2D eigenvalue weighted by Gasteiger charge is 2.15. The fourth-order valence-electron chi connectivity index (χ4n) is 3.37. The van der Waals surface area contributed by atoms with Crippen LogP contribution in [0.5, 0.6) is 0 Å². The maximum Gasteiger partial charge on any atom is 0.271 e. The van der Waals surface area contributed by atoms with Gasteiger partial charge in [-0.3, -0.25) is 10.1 Å². The number of nitro groups is 1. The highest BCUT2D eigenvalue weighted by molar-refractivity contribution is 7.98. The number of imidazole rings is 1. The van der Waals surface area contributed by atoms with Crippen LogP contribution in [0.2, 0.25) is 0 Å². The number of non-ortho nitro benzene ring substituents is 1. The lowest BCUT2D eigenvalue weighted by molar-refractivity contribution is -0.384. The molecule has 0 unspecified atom stereocenters. The fraction of sp³-hybridized carbons (Fsp3) is 0.381. The molecule has 0 N–H and O–H groups in total. The molecule has 8 heteroatoms. The minimum absolute atomic E-state index is 0. The standard InChI is InChI=1S/C21H26N4O2S.ClH/c1-4-23(5-2)12-13-24-20-11-8-17(25(26)27)15-19(20)22-21(24)14-16-6-9-18(28-3)10-7-16;/h6-11,15H,4-5,12-14H2,1-3H3;1H. The summed E-state index contributed by atoms with van der Waals surface area (Å²) in [5, 5.41) is 11.1. The van der Waals surface area contributed by atoms with Crippen LogP contribution in [0, 0.1) is 10.1 Å². The molecule has 2 aromatic carbocycles. The third-order valence-corrected chi connectivity index (χ3v) is 5.82. The molecule has 0 saturated carbocycles. The molecule has 1 heterocycles. The number of likely N-dealkylation sites (N-methyl/N-ethyl adjacent to an activating group) is 1. The molecule has 0 bridgehead atoms. The van der Waals surface area contributed by atoms with Crippen molar-refractivity contribution in [3.63, 3.8) is 0 Å². The molecule has 3 aromatic rings. The summed E-state index contributed by atoms with van der Waals surface area (Å²) in [7, 11) is 0. The van der Waals surface area contributed by atoms with Gasteiger partial charge < -0.3 is 9.47 Å². The van der Waals surface area contributed by atoms with Crippen molar-refractivity contribution in [1.82, 2.24) is 14.5 Å². The molecule has 0 aliphatic rings. The van der Waals surface area contributed by atoms with E-state index < -0.39 is 0 Å². The van der Waals surface area contributed by atoms with Crippen LogP contribution in [0.4, 0.5) is 5.69 Å². The van der Waals surface area contributed by atoms with E-state index in [-0.39, 0.29) is 23.0 Å². The second kappa shape index (κ2) is 10.6. The molecule has 0 radical (unpaired) electrons. The normalized spacial score (nSPS) is 11.0. The summed E-state index contributed by atoms with van der Waals surface area (Å²) in [6, 6.07) is 13.5. The minimum atomic E-state index is -0.366. The smallest absolute Gasteiger partial charge is 0.271 e. The van der Waals surface area contributed by atoms with Gasteiger partial charge in [0.1, 0.15) is 5.82 Å². The van der Waals surface area contributed by atoms with Crippen LogP contribution in [0.15, 0.2) is 47.4 Å². The zero-order valence-electron chi connectivity index (χ0n) is 17.0. The van der Waals surface area contributed by atoms with Gasteiger partial charge in [0.15, 0.2) is 0 Å². The predicted octanol–water partition coefficient (Wildman–Crippen LogP) is 5.02. The zero-order chi connectivity index (χ0) is 20.1. The Morgan fingerprint density at radius 2 is 1.83 bits per heavy atom. The van der Waals surface area contributed by atoms with Gasteiger partial charge in [0.2, 0.25) is 0 Å².